The van der Waals surface area contributed by atoms with Gasteiger partial charge in [-0.25, -0.2) is 0 Å². The Labute approximate surface area is 102 Å². The minimum Gasteiger partial charge on any atom is -0.454 e. The lowest BCUT2D eigenvalue weighted by Gasteiger charge is -2.17. The molecule has 3 rings (SSSR count). The van der Waals surface area contributed by atoms with Crippen molar-refractivity contribution in [3.8, 4) is 11.5 Å². The number of hydrogen-bond donors (Lipinski definition) is 1. The quantitative estimate of drug-likeness (QED) is 0.867. The van der Waals surface area contributed by atoms with Gasteiger partial charge >= 0.3 is 0 Å². The first-order chi connectivity index (χ1) is 8.16. The summed E-state index contributed by atoms with van der Waals surface area (Å²) in [6, 6.07) is 6.55. The summed E-state index contributed by atoms with van der Waals surface area (Å²) in [6.07, 6.45) is 2.71. The fourth-order valence-electron chi connectivity index (χ4n) is 2.09. The van der Waals surface area contributed by atoms with Crippen LogP contribution in [0.2, 0.25) is 0 Å². The van der Waals surface area contributed by atoms with Crippen molar-refractivity contribution >= 4 is 0 Å². The Morgan fingerprint density at radius 3 is 2.82 bits per heavy atom. The van der Waals surface area contributed by atoms with Gasteiger partial charge < -0.3 is 14.8 Å². The minimum atomic E-state index is 0.346. The molecule has 17 heavy (non-hydrogen) atoms. The number of rotatable bonds is 4. The molecule has 92 valence electrons. The lowest BCUT2D eigenvalue weighted by Crippen LogP contribution is -2.25. The maximum absolute atomic E-state index is 5.40. The molecule has 1 aliphatic heterocycles. The number of ether oxygens (including phenoxy) is 2. The van der Waals surface area contributed by atoms with Crippen LogP contribution >= 0.6 is 0 Å². The van der Waals surface area contributed by atoms with Crippen molar-refractivity contribution in [2.75, 3.05) is 13.3 Å². The second-order valence-corrected chi connectivity index (χ2v) is 5.53. The van der Waals surface area contributed by atoms with Crippen LogP contribution in [0, 0.1) is 5.41 Å². The van der Waals surface area contributed by atoms with Crippen LogP contribution in [-0.2, 0) is 0 Å². The van der Waals surface area contributed by atoms with Crippen LogP contribution in [0.1, 0.15) is 38.3 Å². The minimum absolute atomic E-state index is 0.346. The van der Waals surface area contributed by atoms with E-state index in [1.807, 2.05) is 6.07 Å². The monoisotopic (exact) mass is 233 g/mol. The van der Waals surface area contributed by atoms with E-state index in [2.05, 4.69) is 31.3 Å². The number of fused-ring (bicyclic) bond motifs is 1. The van der Waals surface area contributed by atoms with E-state index in [9.17, 15) is 0 Å². The summed E-state index contributed by atoms with van der Waals surface area (Å²) in [6.45, 7) is 5.98. The number of benzene rings is 1. The summed E-state index contributed by atoms with van der Waals surface area (Å²) in [7, 11) is 0. The molecule has 3 nitrogen and oxygen atoms in total. The topological polar surface area (TPSA) is 30.5 Å². The molecule has 1 saturated carbocycles. The molecule has 3 heteroatoms. The standard InChI is InChI=1S/C14H19NO2/c1-10(15-8-14(2)5-6-14)11-3-4-12-13(7-11)17-9-16-12/h3-4,7,10,15H,5-6,8-9H2,1-2H3. The van der Waals surface area contributed by atoms with Crippen molar-refractivity contribution in [3.05, 3.63) is 23.8 Å². The molecule has 1 heterocycles. The van der Waals surface area contributed by atoms with Crippen LogP contribution in [0.3, 0.4) is 0 Å². The largest absolute Gasteiger partial charge is 0.454 e. The molecule has 0 saturated heterocycles. The van der Waals surface area contributed by atoms with Gasteiger partial charge in [-0.3, -0.25) is 0 Å². The van der Waals surface area contributed by atoms with E-state index in [0.717, 1.165) is 18.0 Å². The molecule has 1 fully saturated rings. The average Bonchev–Trinajstić information content (AvgIpc) is 2.90. The lowest BCUT2D eigenvalue weighted by atomic mass is 10.1. The fraction of sp³-hybridized carbons (Fsp3) is 0.571. The van der Waals surface area contributed by atoms with Gasteiger partial charge in [-0.2, -0.15) is 0 Å². The van der Waals surface area contributed by atoms with Crippen molar-refractivity contribution in [1.29, 1.82) is 0 Å². The van der Waals surface area contributed by atoms with Crippen molar-refractivity contribution in [1.82, 2.24) is 5.32 Å². The molecule has 0 amide bonds. The van der Waals surface area contributed by atoms with E-state index >= 15 is 0 Å². The Bertz CT molecular complexity index is 426. The molecule has 1 N–H and O–H groups in total. The van der Waals surface area contributed by atoms with Crippen molar-refractivity contribution < 1.29 is 9.47 Å². The normalized spacial score (nSPS) is 21.3. The zero-order chi connectivity index (χ0) is 11.9. The van der Waals surface area contributed by atoms with Gasteiger partial charge in [0.25, 0.3) is 0 Å². The highest BCUT2D eigenvalue weighted by Crippen LogP contribution is 2.44. The SMILES string of the molecule is CC(NCC1(C)CC1)c1ccc2c(c1)OCO2. The van der Waals surface area contributed by atoms with Gasteiger partial charge in [-0.15, -0.1) is 0 Å². The van der Waals surface area contributed by atoms with Crippen LogP contribution in [0.4, 0.5) is 0 Å². The molecule has 0 bridgehead atoms. The summed E-state index contributed by atoms with van der Waals surface area (Å²) in [5.41, 5.74) is 1.81. The van der Waals surface area contributed by atoms with E-state index in [1.165, 1.54) is 18.4 Å². The van der Waals surface area contributed by atoms with Crippen LogP contribution in [0.5, 0.6) is 11.5 Å². The molecule has 0 aromatic heterocycles. The third-order valence-corrected chi connectivity index (χ3v) is 3.84. The Morgan fingerprint density at radius 2 is 2.06 bits per heavy atom. The molecule has 1 aromatic rings. The highest BCUT2D eigenvalue weighted by molar-refractivity contribution is 5.45. The molecule has 1 unspecified atom stereocenters. The Hall–Kier alpha value is -1.22. The molecule has 0 spiro atoms. The maximum Gasteiger partial charge on any atom is 0.231 e. The second kappa shape index (κ2) is 3.91. The smallest absolute Gasteiger partial charge is 0.231 e. The molecule has 1 atom stereocenters. The Morgan fingerprint density at radius 1 is 1.29 bits per heavy atom. The summed E-state index contributed by atoms with van der Waals surface area (Å²) < 4.78 is 10.7. The first kappa shape index (κ1) is 10.9. The van der Waals surface area contributed by atoms with E-state index in [4.69, 9.17) is 9.47 Å². The fourth-order valence-corrected chi connectivity index (χ4v) is 2.09. The molecule has 0 radical (unpaired) electrons. The molecular formula is C14H19NO2. The van der Waals surface area contributed by atoms with Gasteiger partial charge in [0.05, 0.1) is 0 Å². The van der Waals surface area contributed by atoms with Gasteiger partial charge in [0.2, 0.25) is 6.79 Å². The first-order valence-electron chi connectivity index (χ1n) is 6.29. The highest BCUT2D eigenvalue weighted by Gasteiger charge is 2.36. The van der Waals surface area contributed by atoms with Crippen molar-refractivity contribution in [3.63, 3.8) is 0 Å². The van der Waals surface area contributed by atoms with Crippen LogP contribution in [0.15, 0.2) is 18.2 Å². The van der Waals surface area contributed by atoms with Gasteiger partial charge in [0, 0.05) is 12.6 Å². The molecule has 1 aromatic carbocycles. The third kappa shape index (κ3) is 2.25. The second-order valence-electron chi connectivity index (χ2n) is 5.53. The Balaban J connectivity index is 1.66. The molecule has 2 aliphatic rings. The van der Waals surface area contributed by atoms with Crippen LogP contribution < -0.4 is 14.8 Å². The van der Waals surface area contributed by atoms with Crippen LogP contribution in [-0.4, -0.2) is 13.3 Å². The van der Waals surface area contributed by atoms with E-state index in [0.29, 0.717) is 18.2 Å². The van der Waals surface area contributed by atoms with Gasteiger partial charge in [-0.1, -0.05) is 13.0 Å². The average molecular weight is 233 g/mol. The van der Waals surface area contributed by atoms with Crippen molar-refractivity contribution in [2.24, 2.45) is 5.41 Å². The van der Waals surface area contributed by atoms with E-state index in [1.54, 1.807) is 0 Å². The number of nitrogens with one attached hydrogen (secondary N) is 1. The third-order valence-electron chi connectivity index (χ3n) is 3.84. The highest BCUT2D eigenvalue weighted by atomic mass is 16.7. The van der Waals surface area contributed by atoms with Gasteiger partial charge in [0.15, 0.2) is 11.5 Å². The first-order valence-corrected chi connectivity index (χ1v) is 6.29. The van der Waals surface area contributed by atoms with Crippen LogP contribution in [0.25, 0.3) is 0 Å². The zero-order valence-corrected chi connectivity index (χ0v) is 10.5. The van der Waals surface area contributed by atoms with E-state index in [-0.39, 0.29) is 0 Å². The van der Waals surface area contributed by atoms with Gasteiger partial charge in [0.1, 0.15) is 0 Å². The van der Waals surface area contributed by atoms with Gasteiger partial charge in [-0.05, 0) is 42.9 Å². The summed E-state index contributed by atoms with van der Waals surface area (Å²) >= 11 is 0. The lowest BCUT2D eigenvalue weighted by molar-refractivity contribution is 0.174. The predicted molar refractivity (Wildman–Crippen MR) is 66.3 cm³/mol. The zero-order valence-electron chi connectivity index (χ0n) is 10.5. The van der Waals surface area contributed by atoms with Crippen molar-refractivity contribution in [2.45, 2.75) is 32.7 Å². The summed E-state index contributed by atoms with van der Waals surface area (Å²) in [4.78, 5) is 0. The summed E-state index contributed by atoms with van der Waals surface area (Å²) in [5, 5.41) is 3.60. The number of hydrogen-bond acceptors (Lipinski definition) is 3. The predicted octanol–water partition coefficient (Wildman–Crippen LogP) is 2.87. The molecule has 1 aliphatic carbocycles. The summed E-state index contributed by atoms with van der Waals surface area (Å²) in [5.74, 6) is 1.73. The molecular weight excluding hydrogens is 214 g/mol. The Kier molecular flexibility index (Phi) is 2.51. The maximum atomic E-state index is 5.40. The van der Waals surface area contributed by atoms with E-state index < -0.39 is 0 Å².